The molecule has 1 aromatic carbocycles. The Hall–Kier alpha value is -1.38. The van der Waals surface area contributed by atoms with Gasteiger partial charge in [0.05, 0.1) is 5.92 Å². The van der Waals surface area contributed by atoms with Gasteiger partial charge in [-0.15, -0.1) is 0 Å². The highest BCUT2D eigenvalue weighted by Gasteiger charge is 2.35. The van der Waals surface area contributed by atoms with Crippen LogP contribution in [0.4, 0.5) is 4.39 Å². The molecule has 0 unspecified atom stereocenters. The molecule has 1 fully saturated rings. The van der Waals surface area contributed by atoms with E-state index in [1.54, 1.807) is 6.07 Å². The van der Waals surface area contributed by atoms with E-state index in [0.29, 0.717) is 12.8 Å². The number of halogens is 1. The third-order valence-corrected chi connectivity index (χ3v) is 2.81. The Morgan fingerprint density at radius 3 is 2.71 bits per heavy atom. The molecule has 2 nitrogen and oxygen atoms in total. The zero-order valence-electron chi connectivity index (χ0n) is 7.61. The molecule has 3 heteroatoms. The predicted octanol–water partition coefficient (Wildman–Crippen LogP) is 2.40. The van der Waals surface area contributed by atoms with E-state index in [4.69, 9.17) is 5.11 Å². The zero-order chi connectivity index (χ0) is 10.1. The number of benzene rings is 1. The number of rotatable bonds is 2. The van der Waals surface area contributed by atoms with E-state index in [1.807, 2.05) is 6.07 Å². The second kappa shape index (κ2) is 3.40. The fourth-order valence-corrected chi connectivity index (χ4v) is 1.85. The number of carbonyl (C=O) groups is 1. The average Bonchev–Trinajstić information content (AvgIpc) is 2.00. The first kappa shape index (κ1) is 9.19. The van der Waals surface area contributed by atoms with Crippen LogP contribution in [0.3, 0.4) is 0 Å². The Bertz CT molecular complexity index is 356. The number of hydrogen-bond donors (Lipinski definition) is 1. The molecule has 1 aliphatic rings. The fraction of sp³-hybridized carbons (Fsp3) is 0.364. The van der Waals surface area contributed by atoms with Crippen LogP contribution in [0.25, 0.3) is 0 Å². The first-order valence-electron chi connectivity index (χ1n) is 4.65. The quantitative estimate of drug-likeness (QED) is 0.784. The maximum atomic E-state index is 12.8. The van der Waals surface area contributed by atoms with Crippen LogP contribution in [-0.2, 0) is 4.79 Å². The third-order valence-electron chi connectivity index (χ3n) is 2.81. The van der Waals surface area contributed by atoms with Crippen LogP contribution in [0, 0.1) is 11.7 Å². The van der Waals surface area contributed by atoms with Crippen molar-refractivity contribution in [3.8, 4) is 0 Å². The normalized spacial score (nSPS) is 25.5. The average molecular weight is 194 g/mol. The van der Waals surface area contributed by atoms with Gasteiger partial charge in [-0.3, -0.25) is 4.79 Å². The van der Waals surface area contributed by atoms with Gasteiger partial charge in [-0.25, -0.2) is 4.39 Å². The first-order valence-corrected chi connectivity index (χ1v) is 4.65. The minimum atomic E-state index is -0.738. The van der Waals surface area contributed by atoms with Crippen LogP contribution in [-0.4, -0.2) is 11.1 Å². The lowest BCUT2D eigenvalue weighted by molar-refractivity contribution is -0.145. The minimum absolute atomic E-state index is 0.229. The zero-order valence-corrected chi connectivity index (χ0v) is 7.61. The summed E-state index contributed by atoms with van der Waals surface area (Å²) in [5, 5.41) is 8.68. The molecule has 0 radical (unpaired) electrons. The lowest BCUT2D eigenvalue weighted by Gasteiger charge is -2.32. The van der Waals surface area contributed by atoms with Crippen molar-refractivity contribution in [3.05, 3.63) is 35.6 Å². The summed E-state index contributed by atoms with van der Waals surface area (Å²) in [6.45, 7) is 0. The van der Waals surface area contributed by atoms with Gasteiger partial charge in [-0.05, 0) is 36.5 Å². The van der Waals surface area contributed by atoms with Crippen molar-refractivity contribution in [2.75, 3.05) is 0 Å². The Morgan fingerprint density at radius 1 is 1.43 bits per heavy atom. The Labute approximate surface area is 81.4 Å². The van der Waals surface area contributed by atoms with Gasteiger partial charge in [0.1, 0.15) is 5.82 Å². The van der Waals surface area contributed by atoms with Gasteiger partial charge in [-0.1, -0.05) is 12.1 Å². The highest BCUT2D eigenvalue weighted by atomic mass is 19.1. The molecule has 14 heavy (non-hydrogen) atoms. The van der Waals surface area contributed by atoms with Gasteiger partial charge in [0.2, 0.25) is 0 Å². The van der Waals surface area contributed by atoms with E-state index in [1.165, 1.54) is 12.1 Å². The molecule has 74 valence electrons. The molecule has 0 atom stereocenters. The lowest BCUT2D eigenvalue weighted by atomic mass is 9.71. The molecule has 0 amide bonds. The highest BCUT2D eigenvalue weighted by Crippen LogP contribution is 2.41. The summed E-state index contributed by atoms with van der Waals surface area (Å²) < 4.78 is 12.8. The van der Waals surface area contributed by atoms with E-state index in [2.05, 4.69) is 0 Å². The van der Waals surface area contributed by atoms with Crippen molar-refractivity contribution in [3.63, 3.8) is 0 Å². The third kappa shape index (κ3) is 1.62. The van der Waals surface area contributed by atoms with Crippen molar-refractivity contribution in [1.29, 1.82) is 0 Å². The van der Waals surface area contributed by atoms with E-state index < -0.39 is 5.97 Å². The summed E-state index contributed by atoms with van der Waals surface area (Å²) in [6, 6.07) is 6.41. The summed E-state index contributed by atoms with van der Waals surface area (Å²) in [7, 11) is 0. The number of carboxylic acid groups (broad SMARTS) is 1. The van der Waals surface area contributed by atoms with Crippen LogP contribution in [0.1, 0.15) is 24.3 Å². The van der Waals surface area contributed by atoms with E-state index >= 15 is 0 Å². The van der Waals surface area contributed by atoms with Gasteiger partial charge in [0.15, 0.2) is 0 Å². The molecule has 1 saturated carbocycles. The lowest BCUT2D eigenvalue weighted by Crippen LogP contribution is -2.28. The summed E-state index contributed by atoms with van der Waals surface area (Å²) in [5.74, 6) is -0.992. The molecule has 0 bridgehead atoms. The molecular weight excluding hydrogens is 183 g/mol. The number of aliphatic carboxylic acids is 1. The van der Waals surface area contributed by atoms with Crippen molar-refractivity contribution in [1.82, 2.24) is 0 Å². The van der Waals surface area contributed by atoms with Crippen LogP contribution in [0.2, 0.25) is 0 Å². The Morgan fingerprint density at radius 2 is 2.14 bits per heavy atom. The molecule has 0 aliphatic heterocycles. The van der Waals surface area contributed by atoms with Gasteiger partial charge in [0.25, 0.3) is 0 Å². The van der Waals surface area contributed by atoms with Crippen molar-refractivity contribution in [2.24, 2.45) is 5.92 Å². The van der Waals surface area contributed by atoms with E-state index in [9.17, 15) is 9.18 Å². The summed E-state index contributed by atoms with van der Waals surface area (Å²) in [5.41, 5.74) is 0.919. The topological polar surface area (TPSA) is 37.3 Å². The number of hydrogen-bond acceptors (Lipinski definition) is 1. The monoisotopic (exact) mass is 194 g/mol. The van der Waals surface area contributed by atoms with Crippen LogP contribution in [0.5, 0.6) is 0 Å². The largest absolute Gasteiger partial charge is 0.481 e. The van der Waals surface area contributed by atoms with Gasteiger partial charge < -0.3 is 5.11 Å². The number of carboxylic acids is 1. The van der Waals surface area contributed by atoms with Crippen molar-refractivity contribution < 1.29 is 14.3 Å². The predicted molar refractivity (Wildman–Crippen MR) is 49.5 cm³/mol. The SMILES string of the molecule is O=C(O)C1CC(c2cccc(F)c2)C1. The smallest absolute Gasteiger partial charge is 0.306 e. The molecule has 1 aromatic rings. The summed E-state index contributed by atoms with van der Waals surface area (Å²) >= 11 is 0. The summed E-state index contributed by atoms with van der Waals surface area (Å²) in [4.78, 5) is 10.6. The standard InChI is InChI=1S/C11H11FO2/c12-10-3-1-2-7(6-10)8-4-9(5-8)11(13)14/h1-3,6,8-9H,4-5H2,(H,13,14). The van der Waals surface area contributed by atoms with Gasteiger partial charge in [0, 0.05) is 0 Å². The van der Waals surface area contributed by atoms with Crippen LogP contribution >= 0.6 is 0 Å². The Kier molecular flexibility index (Phi) is 2.23. The van der Waals surface area contributed by atoms with Crippen LogP contribution < -0.4 is 0 Å². The first-order chi connectivity index (χ1) is 6.66. The molecule has 0 heterocycles. The summed E-state index contributed by atoms with van der Waals surface area (Å²) in [6.07, 6.45) is 1.28. The van der Waals surface area contributed by atoms with E-state index in [0.717, 1.165) is 5.56 Å². The van der Waals surface area contributed by atoms with Crippen molar-refractivity contribution >= 4 is 5.97 Å². The van der Waals surface area contributed by atoms with E-state index in [-0.39, 0.29) is 17.7 Å². The second-order valence-electron chi connectivity index (χ2n) is 3.76. The molecule has 2 rings (SSSR count). The van der Waals surface area contributed by atoms with Gasteiger partial charge >= 0.3 is 5.97 Å². The molecule has 1 N–H and O–H groups in total. The molecule has 0 spiro atoms. The molecule has 0 aromatic heterocycles. The maximum Gasteiger partial charge on any atom is 0.306 e. The molecule has 0 saturated heterocycles. The van der Waals surface area contributed by atoms with Crippen molar-refractivity contribution in [2.45, 2.75) is 18.8 Å². The van der Waals surface area contributed by atoms with Crippen LogP contribution in [0.15, 0.2) is 24.3 Å². The Balaban J connectivity index is 2.03. The van der Waals surface area contributed by atoms with Gasteiger partial charge in [-0.2, -0.15) is 0 Å². The molecule has 1 aliphatic carbocycles. The highest BCUT2D eigenvalue weighted by molar-refractivity contribution is 5.71. The second-order valence-corrected chi connectivity index (χ2v) is 3.76. The fourth-order valence-electron chi connectivity index (χ4n) is 1.85. The minimum Gasteiger partial charge on any atom is -0.481 e. The molecular formula is C11H11FO2. The maximum absolute atomic E-state index is 12.8.